The average Bonchev–Trinajstić information content (AvgIpc) is 3.16. The van der Waals surface area contributed by atoms with Gasteiger partial charge in [0.05, 0.1) is 17.6 Å². The molecule has 1 fully saturated rings. The lowest BCUT2D eigenvalue weighted by molar-refractivity contribution is -0.150. The van der Waals surface area contributed by atoms with Crippen LogP contribution >= 0.6 is 23.1 Å². The highest BCUT2D eigenvalue weighted by molar-refractivity contribution is 8.00. The van der Waals surface area contributed by atoms with E-state index < -0.39 is 62.0 Å². The Morgan fingerprint density at radius 3 is 2.75 bits per heavy atom. The fraction of sp³-hybridized carbons (Fsp3) is 0.375. The van der Waals surface area contributed by atoms with Crippen molar-refractivity contribution in [1.82, 2.24) is 15.2 Å². The van der Waals surface area contributed by atoms with Crippen LogP contribution in [0.25, 0.3) is 0 Å². The zero-order valence-corrected chi connectivity index (χ0v) is 18.5. The lowest BCUT2D eigenvalue weighted by Gasteiger charge is -2.49. The van der Waals surface area contributed by atoms with E-state index in [2.05, 4.69) is 15.5 Å². The van der Waals surface area contributed by atoms with Crippen molar-refractivity contribution in [2.75, 3.05) is 23.0 Å². The molecule has 0 radical (unpaired) electrons. The number of hydrogen-bond acceptors (Lipinski definition) is 12. The summed E-state index contributed by atoms with van der Waals surface area (Å²) in [4.78, 5) is 41.7. The largest absolute Gasteiger partial charge is 0.477 e. The minimum Gasteiger partial charge on any atom is -0.477 e. The van der Waals surface area contributed by atoms with Crippen molar-refractivity contribution in [1.29, 1.82) is 5.26 Å². The number of aliphatic carboxylic acids is 1. The molecule has 2 aliphatic heterocycles. The molecule has 2 aliphatic rings. The number of carboxylic acids is 1. The van der Waals surface area contributed by atoms with Crippen LogP contribution in [-0.4, -0.2) is 80.8 Å². The summed E-state index contributed by atoms with van der Waals surface area (Å²) < 4.78 is 24.3. The number of rotatable bonds is 8. The summed E-state index contributed by atoms with van der Waals surface area (Å²) in [5.74, 6) is -4.17. The first-order valence-corrected chi connectivity index (χ1v) is 12.6. The third-order valence-electron chi connectivity index (χ3n) is 4.54. The van der Waals surface area contributed by atoms with E-state index in [-0.39, 0.29) is 28.6 Å². The second-order valence-corrected chi connectivity index (χ2v) is 10.8. The maximum atomic E-state index is 12.7. The van der Waals surface area contributed by atoms with E-state index in [1.807, 2.05) is 0 Å². The van der Waals surface area contributed by atoms with Gasteiger partial charge in [-0.2, -0.15) is 5.26 Å². The molecule has 5 N–H and O–H groups in total. The number of fused-ring (bicyclic) bond motifs is 1. The number of nitrogens with one attached hydrogen (secondary N) is 1. The van der Waals surface area contributed by atoms with Gasteiger partial charge in [-0.25, -0.2) is 18.2 Å². The van der Waals surface area contributed by atoms with E-state index in [1.54, 1.807) is 6.07 Å². The minimum atomic E-state index is -3.74. The summed E-state index contributed by atoms with van der Waals surface area (Å²) in [5, 5.41) is 33.4. The topological polar surface area (TPSA) is 216 Å². The van der Waals surface area contributed by atoms with Gasteiger partial charge in [-0.05, 0) is 5.57 Å². The van der Waals surface area contributed by atoms with Crippen LogP contribution in [0.2, 0.25) is 0 Å². The molecule has 13 nitrogen and oxygen atoms in total. The number of hydrogen-bond donors (Lipinski definition) is 4. The SMILES string of the molecule is N#CCCS(=O)(=O)CC1=C(C(=O)O)N2C(=O)C(NC(=O)/C(=N\O)c3csc(N)n3)[C@H]2SC1. The lowest BCUT2D eigenvalue weighted by atomic mass is 10.0. The first kappa shape index (κ1) is 23.5. The number of nitrogens with zero attached hydrogens (tertiary/aromatic N) is 4. The molecule has 1 aromatic rings. The van der Waals surface area contributed by atoms with Crippen molar-refractivity contribution in [2.45, 2.75) is 17.8 Å². The molecule has 0 saturated carbocycles. The Morgan fingerprint density at radius 1 is 1.47 bits per heavy atom. The minimum absolute atomic E-state index is 0.00218. The molecule has 3 heterocycles. The fourth-order valence-electron chi connectivity index (χ4n) is 3.15. The molecule has 16 heteroatoms. The van der Waals surface area contributed by atoms with Crippen molar-refractivity contribution < 1.29 is 33.1 Å². The Kier molecular flexibility index (Phi) is 6.71. The summed E-state index contributed by atoms with van der Waals surface area (Å²) in [6, 6.07) is 0.601. The van der Waals surface area contributed by atoms with Gasteiger partial charge in [-0.1, -0.05) is 5.16 Å². The van der Waals surface area contributed by atoms with Crippen LogP contribution in [0.15, 0.2) is 21.8 Å². The molecule has 2 atom stereocenters. The van der Waals surface area contributed by atoms with Crippen LogP contribution in [0.4, 0.5) is 5.13 Å². The van der Waals surface area contributed by atoms with E-state index in [1.165, 1.54) is 5.38 Å². The maximum Gasteiger partial charge on any atom is 0.352 e. The Labute approximate surface area is 189 Å². The van der Waals surface area contributed by atoms with Gasteiger partial charge in [0.2, 0.25) is 0 Å². The number of carbonyl (C=O) groups excluding carboxylic acids is 2. The maximum absolute atomic E-state index is 12.7. The van der Waals surface area contributed by atoms with E-state index in [4.69, 9.17) is 16.2 Å². The van der Waals surface area contributed by atoms with Crippen LogP contribution in [0.5, 0.6) is 0 Å². The Hall–Kier alpha value is -3.16. The van der Waals surface area contributed by atoms with Crippen molar-refractivity contribution >= 4 is 61.6 Å². The number of amides is 2. The Balaban J connectivity index is 1.78. The Bertz CT molecular complexity index is 1180. The van der Waals surface area contributed by atoms with Crippen LogP contribution in [0.3, 0.4) is 0 Å². The lowest BCUT2D eigenvalue weighted by Crippen LogP contribution is -2.71. The van der Waals surface area contributed by atoms with E-state index in [9.17, 15) is 27.9 Å². The molecule has 0 spiro atoms. The zero-order chi connectivity index (χ0) is 23.6. The molecule has 3 rings (SSSR count). The first-order valence-electron chi connectivity index (χ1n) is 8.81. The standard InChI is InChI=1S/C16H16N6O7S3/c17-2-1-3-32(28,29)6-7-4-30-14-10(13(24)22(14)11(7)15(25)26)20-12(23)9(21-27)8-5-31-16(18)19-8/h5,10,14,27H,1,3-4,6H2,(H2,18,19)(H,20,23)(H,25,26)/b21-9-/t10?,14-/m1/s1. The highest BCUT2D eigenvalue weighted by Crippen LogP contribution is 2.40. The first-order chi connectivity index (χ1) is 15.1. The zero-order valence-electron chi connectivity index (χ0n) is 16.1. The summed E-state index contributed by atoms with van der Waals surface area (Å²) in [6.45, 7) is 0. The van der Waals surface area contributed by atoms with Crippen LogP contribution in [-0.2, 0) is 24.2 Å². The Morgan fingerprint density at radius 2 is 2.19 bits per heavy atom. The quantitative estimate of drug-likeness (QED) is 0.146. The van der Waals surface area contributed by atoms with Gasteiger partial charge < -0.3 is 21.4 Å². The molecule has 1 saturated heterocycles. The van der Waals surface area contributed by atoms with Crippen molar-refractivity contribution in [3.63, 3.8) is 0 Å². The van der Waals surface area contributed by atoms with Crippen molar-refractivity contribution in [2.24, 2.45) is 5.16 Å². The number of carboxylic acid groups (broad SMARTS) is 1. The number of sulfone groups is 1. The second kappa shape index (κ2) is 9.14. The van der Waals surface area contributed by atoms with Gasteiger partial charge in [-0.3, -0.25) is 14.5 Å². The summed E-state index contributed by atoms with van der Waals surface area (Å²) >= 11 is 2.10. The molecule has 32 heavy (non-hydrogen) atoms. The van der Waals surface area contributed by atoms with Gasteiger partial charge in [0.15, 0.2) is 20.7 Å². The number of nitriles is 1. The summed E-state index contributed by atoms with van der Waals surface area (Å²) in [5.41, 5.74) is 4.62. The molecule has 0 bridgehead atoms. The van der Waals surface area contributed by atoms with Gasteiger partial charge in [0.1, 0.15) is 22.8 Å². The molecule has 170 valence electrons. The molecular formula is C16H16N6O7S3. The fourth-order valence-corrected chi connectivity index (χ4v) is 6.49. The van der Waals surface area contributed by atoms with E-state index in [0.29, 0.717) is 0 Å². The number of anilines is 1. The summed E-state index contributed by atoms with van der Waals surface area (Å²) in [6.07, 6.45) is -0.232. The highest BCUT2D eigenvalue weighted by Gasteiger charge is 2.54. The van der Waals surface area contributed by atoms with Crippen LogP contribution < -0.4 is 11.1 Å². The second-order valence-electron chi connectivity index (χ2n) is 6.64. The van der Waals surface area contributed by atoms with E-state index >= 15 is 0 Å². The molecule has 2 amide bonds. The molecular weight excluding hydrogens is 484 g/mol. The number of β-lactam (4-membered cyclic amide) rings is 1. The number of aromatic nitrogens is 1. The molecule has 0 aliphatic carbocycles. The van der Waals surface area contributed by atoms with Crippen molar-refractivity contribution in [3.8, 4) is 6.07 Å². The average molecular weight is 501 g/mol. The third-order valence-corrected chi connectivity index (χ3v) is 8.16. The third kappa shape index (κ3) is 4.54. The van der Waals surface area contributed by atoms with Crippen LogP contribution in [0, 0.1) is 11.3 Å². The number of nitrogens with two attached hydrogens (primary N) is 1. The number of thioether (sulfide) groups is 1. The number of carbonyl (C=O) groups is 3. The van der Waals surface area contributed by atoms with Gasteiger partial charge >= 0.3 is 5.97 Å². The monoisotopic (exact) mass is 500 g/mol. The predicted octanol–water partition coefficient (Wildman–Crippen LogP) is -1.03. The highest BCUT2D eigenvalue weighted by atomic mass is 32.2. The van der Waals surface area contributed by atoms with Gasteiger partial charge in [0.25, 0.3) is 11.8 Å². The molecule has 1 unspecified atom stereocenters. The van der Waals surface area contributed by atoms with Gasteiger partial charge in [-0.15, -0.1) is 23.1 Å². The normalized spacial score (nSPS) is 20.9. The molecule has 0 aromatic carbocycles. The number of thiazole rings is 1. The van der Waals surface area contributed by atoms with Crippen molar-refractivity contribution in [3.05, 3.63) is 22.3 Å². The summed E-state index contributed by atoms with van der Waals surface area (Å²) in [7, 11) is -3.74. The molecule has 1 aromatic heterocycles. The van der Waals surface area contributed by atoms with Crippen LogP contribution in [0.1, 0.15) is 12.1 Å². The smallest absolute Gasteiger partial charge is 0.352 e. The predicted molar refractivity (Wildman–Crippen MR) is 113 cm³/mol. The number of nitrogen functional groups attached to an aromatic ring is 1. The number of oxime groups is 1. The van der Waals surface area contributed by atoms with Gasteiger partial charge in [0, 0.05) is 17.6 Å². The van der Waals surface area contributed by atoms with E-state index in [0.717, 1.165) is 28.0 Å².